The molecule has 138 valence electrons. The van der Waals surface area contributed by atoms with E-state index in [1.165, 1.54) is 37.1 Å². The third kappa shape index (κ3) is 5.09. The minimum atomic E-state index is -0.525. The minimum Gasteiger partial charge on any atom is -0.481 e. The molecule has 0 saturated carbocycles. The highest BCUT2D eigenvalue weighted by Crippen LogP contribution is 2.17. The van der Waals surface area contributed by atoms with Crippen molar-refractivity contribution in [2.45, 2.75) is 45.9 Å². The van der Waals surface area contributed by atoms with Gasteiger partial charge in [-0.2, -0.15) is 0 Å². The van der Waals surface area contributed by atoms with Crippen LogP contribution in [0.1, 0.15) is 36.5 Å². The first kappa shape index (κ1) is 18.5. The van der Waals surface area contributed by atoms with Crippen molar-refractivity contribution in [3.05, 3.63) is 65.2 Å². The van der Waals surface area contributed by atoms with Crippen LogP contribution in [-0.4, -0.2) is 30.0 Å². The molecule has 0 aromatic heterocycles. The summed E-state index contributed by atoms with van der Waals surface area (Å²) in [6, 6.07) is 16.1. The molecule has 0 unspecified atom stereocenters. The van der Waals surface area contributed by atoms with Gasteiger partial charge in [-0.1, -0.05) is 36.4 Å². The normalized spacial score (nSPS) is 15.6. The number of hydrogen-bond donors (Lipinski definition) is 1. The van der Waals surface area contributed by atoms with E-state index in [1.807, 2.05) is 37.3 Å². The van der Waals surface area contributed by atoms with Crippen LogP contribution < -0.4 is 10.1 Å². The van der Waals surface area contributed by atoms with Gasteiger partial charge in [-0.3, -0.25) is 9.69 Å². The summed E-state index contributed by atoms with van der Waals surface area (Å²) in [5, 5.41) is 3.02. The number of rotatable bonds is 7. The predicted molar refractivity (Wildman–Crippen MR) is 104 cm³/mol. The second-order valence-corrected chi connectivity index (χ2v) is 7.05. The quantitative estimate of drug-likeness (QED) is 0.827. The standard InChI is InChI=1S/C22H28N2O2/c1-17-8-7-11-21(14-17)26-18(2)22(25)23-15-19-9-3-4-10-20(19)16-24-12-5-6-13-24/h3-4,7-11,14,18H,5-6,12-13,15-16H2,1-2H3,(H,23,25)/t18-/m0/s1. The van der Waals surface area contributed by atoms with Crippen LogP contribution in [0, 0.1) is 6.92 Å². The van der Waals surface area contributed by atoms with Crippen molar-refractivity contribution in [2.75, 3.05) is 13.1 Å². The lowest BCUT2D eigenvalue weighted by atomic mass is 10.1. The Hall–Kier alpha value is -2.33. The lowest BCUT2D eigenvalue weighted by Gasteiger charge is -2.19. The Morgan fingerprint density at radius 1 is 1.12 bits per heavy atom. The minimum absolute atomic E-state index is 0.0949. The molecule has 1 heterocycles. The molecular formula is C22H28N2O2. The van der Waals surface area contributed by atoms with Crippen LogP contribution in [0.25, 0.3) is 0 Å². The molecule has 1 amide bonds. The molecule has 1 atom stereocenters. The number of benzene rings is 2. The Bertz CT molecular complexity index is 738. The summed E-state index contributed by atoms with van der Waals surface area (Å²) in [7, 11) is 0. The third-order valence-electron chi connectivity index (χ3n) is 4.84. The summed E-state index contributed by atoms with van der Waals surface area (Å²) in [6.45, 7) is 7.62. The molecule has 1 saturated heterocycles. The Kier molecular flexibility index (Phi) is 6.29. The summed E-state index contributed by atoms with van der Waals surface area (Å²) in [4.78, 5) is 14.9. The molecule has 0 radical (unpaired) electrons. The van der Waals surface area contributed by atoms with Crippen molar-refractivity contribution in [3.8, 4) is 5.75 Å². The zero-order valence-electron chi connectivity index (χ0n) is 15.7. The van der Waals surface area contributed by atoms with Gasteiger partial charge in [0.2, 0.25) is 0 Å². The Morgan fingerprint density at radius 2 is 1.85 bits per heavy atom. The SMILES string of the molecule is Cc1cccc(O[C@@H](C)C(=O)NCc2ccccc2CN2CCCC2)c1. The van der Waals surface area contributed by atoms with Gasteiger partial charge in [0.1, 0.15) is 5.75 Å². The number of ether oxygens (including phenoxy) is 1. The number of carbonyl (C=O) groups excluding carboxylic acids is 1. The van der Waals surface area contributed by atoms with Crippen molar-refractivity contribution in [2.24, 2.45) is 0 Å². The highest BCUT2D eigenvalue weighted by molar-refractivity contribution is 5.80. The third-order valence-corrected chi connectivity index (χ3v) is 4.84. The van der Waals surface area contributed by atoms with E-state index in [0.29, 0.717) is 6.54 Å². The number of hydrogen-bond acceptors (Lipinski definition) is 3. The highest BCUT2D eigenvalue weighted by Gasteiger charge is 2.16. The van der Waals surface area contributed by atoms with Gasteiger partial charge in [0.15, 0.2) is 6.10 Å². The molecule has 26 heavy (non-hydrogen) atoms. The van der Waals surface area contributed by atoms with E-state index in [-0.39, 0.29) is 5.91 Å². The molecule has 2 aromatic rings. The number of nitrogens with one attached hydrogen (secondary N) is 1. The van der Waals surface area contributed by atoms with Gasteiger partial charge < -0.3 is 10.1 Å². The van der Waals surface area contributed by atoms with E-state index in [9.17, 15) is 4.79 Å². The van der Waals surface area contributed by atoms with Crippen molar-refractivity contribution in [1.29, 1.82) is 0 Å². The Balaban J connectivity index is 1.55. The summed E-state index contributed by atoms with van der Waals surface area (Å²) >= 11 is 0. The first-order chi connectivity index (χ1) is 12.6. The smallest absolute Gasteiger partial charge is 0.261 e. The zero-order valence-corrected chi connectivity index (χ0v) is 15.7. The van der Waals surface area contributed by atoms with E-state index in [2.05, 4.69) is 28.4 Å². The first-order valence-electron chi connectivity index (χ1n) is 9.42. The maximum Gasteiger partial charge on any atom is 0.261 e. The average Bonchev–Trinajstić information content (AvgIpc) is 3.14. The number of carbonyl (C=O) groups is 1. The monoisotopic (exact) mass is 352 g/mol. The Labute approximate surface area is 156 Å². The largest absolute Gasteiger partial charge is 0.481 e. The average molecular weight is 352 g/mol. The fraction of sp³-hybridized carbons (Fsp3) is 0.409. The van der Waals surface area contributed by atoms with Crippen molar-refractivity contribution >= 4 is 5.91 Å². The molecule has 4 nitrogen and oxygen atoms in total. The number of nitrogens with zero attached hydrogens (tertiary/aromatic N) is 1. The fourth-order valence-corrected chi connectivity index (χ4v) is 3.34. The number of likely N-dealkylation sites (tertiary alicyclic amines) is 1. The highest BCUT2D eigenvalue weighted by atomic mass is 16.5. The second-order valence-electron chi connectivity index (χ2n) is 7.05. The van der Waals surface area contributed by atoms with Crippen LogP contribution in [0.3, 0.4) is 0 Å². The van der Waals surface area contributed by atoms with Gasteiger partial charge in [0.05, 0.1) is 0 Å². The van der Waals surface area contributed by atoms with Crippen LogP contribution >= 0.6 is 0 Å². The van der Waals surface area contributed by atoms with E-state index < -0.39 is 6.10 Å². The molecular weight excluding hydrogens is 324 g/mol. The summed E-state index contributed by atoms with van der Waals surface area (Å²) in [6.07, 6.45) is 2.04. The molecule has 0 spiro atoms. The van der Waals surface area contributed by atoms with Crippen LogP contribution in [0.15, 0.2) is 48.5 Å². The van der Waals surface area contributed by atoms with Gasteiger partial charge in [0, 0.05) is 13.1 Å². The van der Waals surface area contributed by atoms with Crippen LogP contribution in [0.2, 0.25) is 0 Å². The maximum absolute atomic E-state index is 12.4. The summed E-state index contributed by atoms with van der Waals surface area (Å²) in [5.41, 5.74) is 3.59. The van der Waals surface area contributed by atoms with Crippen molar-refractivity contribution < 1.29 is 9.53 Å². The van der Waals surface area contributed by atoms with E-state index >= 15 is 0 Å². The number of amides is 1. The van der Waals surface area contributed by atoms with E-state index in [4.69, 9.17) is 4.74 Å². The maximum atomic E-state index is 12.4. The lowest BCUT2D eigenvalue weighted by Crippen LogP contribution is -2.36. The summed E-state index contributed by atoms with van der Waals surface area (Å²) < 4.78 is 5.76. The predicted octanol–water partition coefficient (Wildman–Crippen LogP) is 3.67. The molecule has 1 aliphatic rings. The number of aryl methyl sites for hydroxylation is 1. The molecule has 2 aromatic carbocycles. The topological polar surface area (TPSA) is 41.6 Å². The Morgan fingerprint density at radius 3 is 2.58 bits per heavy atom. The fourth-order valence-electron chi connectivity index (χ4n) is 3.34. The lowest BCUT2D eigenvalue weighted by molar-refractivity contribution is -0.127. The van der Waals surface area contributed by atoms with Gasteiger partial charge >= 0.3 is 0 Å². The van der Waals surface area contributed by atoms with Gasteiger partial charge in [-0.15, -0.1) is 0 Å². The van der Waals surface area contributed by atoms with Crippen molar-refractivity contribution in [3.63, 3.8) is 0 Å². The van der Waals surface area contributed by atoms with Crippen LogP contribution in [0.4, 0.5) is 0 Å². The molecule has 4 heteroatoms. The molecule has 1 aliphatic heterocycles. The molecule has 1 fully saturated rings. The van der Waals surface area contributed by atoms with Gasteiger partial charge in [0.25, 0.3) is 5.91 Å². The molecule has 1 N–H and O–H groups in total. The van der Waals surface area contributed by atoms with Gasteiger partial charge in [-0.05, 0) is 68.6 Å². The van der Waals surface area contributed by atoms with Crippen molar-refractivity contribution in [1.82, 2.24) is 10.2 Å². The second kappa shape index (κ2) is 8.86. The summed E-state index contributed by atoms with van der Waals surface area (Å²) in [5.74, 6) is 0.629. The zero-order chi connectivity index (χ0) is 18.4. The van der Waals surface area contributed by atoms with E-state index in [1.54, 1.807) is 6.92 Å². The van der Waals surface area contributed by atoms with Gasteiger partial charge in [-0.25, -0.2) is 0 Å². The first-order valence-corrected chi connectivity index (χ1v) is 9.42. The van der Waals surface area contributed by atoms with Crippen LogP contribution in [0.5, 0.6) is 5.75 Å². The molecule has 0 bridgehead atoms. The van der Waals surface area contributed by atoms with E-state index in [0.717, 1.165) is 17.9 Å². The van der Waals surface area contributed by atoms with Crippen LogP contribution in [-0.2, 0) is 17.9 Å². The molecule has 3 rings (SSSR count). The molecule has 0 aliphatic carbocycles.